The van der Waals surface area contributed by atoms with Gasteiger partial charge in [-0.05, 0) is 47.3 Å². The molecule has 7 heteroatoms. The van der Waals surface area contributed by atoms with Crippen LogP contribution in [0.1, 0.15) is 49.9 Å². The van der Waals surface area contributed by atoms with E-state index >= 15 is 0 Å². The Labute approximate surface area is 238 Å². The smallest absolute Gasteiger partial charge is 0.349 e. The Morgan fingerprint density at radius 1 is 0.825 bits per heavy atom. The van der Waals surface area contributed by atoms with Gasteiger partial charge in [-0.25, -0.2) is 4.79 Å². The van der Waals surface area contributed by atoms with Gasteiger partial charge in [-0.2, -0.15) is 4.98 Å². The van der Waals surface area contributed by atoms with E-state index in [2.05, 4.69) is 75.2 Å². The Balaban J connectivity index is 1.76. The molecule has 0 aliphatic heterocycles. The van der Waals surface area contributed by atoms with Crippen molar-refractivity contribution in [2.24, 2.45) is 0 Å². The van der Waals surface area contributed by atoms with Crippen LogP contribution >= 0.6 is 0 Å². The zero-order valence-electron chi connectivity index (χ0n) is 24.2. The molecule has 1 heterocycles. The largest absolute Gasteiger partial charge is 0.417 e. The molecule has 0 saturated heterocycles. The number of nitrogens with zero attached hydrogens (tertiary/aromatic N) is 2. The molecule has 1 atom stereocenters. The Hall–Kier alpha value is -3.52. The summed E-state index contributed by atoms with van der Waals surface area (Å²) in [5.74, 6) is 0.200. The fourth-order valence-corrected chi connectivity index (χ4v) is 5.72. The lowest BCUT2D eigenvalue weighted by Crippen LogP contribution is -2.42. The first kappa shape index (κ1) is 29.5. The van der Waals surface area contributed by atoms with Gasteiger partial charge in [0, 0.05) is 12.8 Å². The van der Waals surface area contributed by atoms with Crippen molar-refractivity contribution >= 4 is 14.1 Å². The maximum Gasteiger partial charge on any atom is 0.349 e. The van der Waals surface area contributed by atoms with E-state index in [1.165, 1.54) is 0 Å². The molecule has 4 aromatic rings. The van der Waals surface area contributed by atoms with E-state index in [-0.39, 0.29) is 23.5 Å². The number of aromatic nitrogens is 2. The third kappa shape index (κ3) is 6.44. The number of nitrogens with two attached hydrogens (primary N) is 1. The molecular weight excluding hydrogens is 514 g/mol. The van der Waals surface area contributed by atoms with Crippen LogP contribution in [0.3, 0.4) is 0 Å². The van der Waals surface area contributed by atoms with Gasteiger partial charge in [0.15, 0.2) is 8.32 Å². The molecule has 0 spiro atoms. The molecule has 0 aliphatic carbocycles. The maximum absolute atomic E-state index is 13.0. The number of hydrogen-bond donors (Lipinski definition) is 1. The molecule has 0 amide bonds. The van der Waals surface area contributed by atoms with Gasteiger partial charge in [0.1, 0.15) is 11.4 Å². The fourth-order valence-electron chi connectivity index (χ4n) is 4.66. The topological polar surface area (TPSA) is 79.4 Å². The molecule has 2 N–H and O–H groups in total. The lowest BCUT2D eigenvalue weighted by molar-refractivity contribution is -0.00992. The van der Waals surface area contributed by atoms with E-state index in [1.54, 1.807) is 16.8 Å². The zero-order chi connectivity index (χ0) is 28.8. The molecule has 3 aromatic carbocycles. The standard InChI is InChI=1S/C33H41N3O3Si/c1-32(2,3)40(4,5)39-24-22-29(36-23-21-30(34)35-31(36)37)25-38-33(26-15-9-6-10-16-26,27-17-11-7-12-18-27)28-19-13-8-14-20-28/h6-21,23,29H,22,24-25H2,1-5H3,(H2,34,35,37). The number of hydrogen-bond acceptors (Lipinski definition) is 5. The van der Waals surface area contributed by atoms with Crippen LogP contribution in [0.2, 0.25) is 18.1 Å². The van der Waals surface area contributed by atoms with Crippen molar-refractivity contribution in [2.45, 2.75) is 57.0 Å². The van der Waals surface area contributed by atoms with Crippen LogP contribution in [0.25, 0.3) is 0 Å². The molecule has 0 bridgehead atoms. The van der Waals surface area contributed by atoms with Gasteiger partial charge in [0.2, 0.25) is 0 Å². The van der Waals surface area contributed by atoms with Crippen LogP contribution in [-0.2, 0) is 14.8 Å². The first-order valence-corrected chi connectivity index (χ1v) is 16.7. The second-order valence-electron chi connectivity index (χ2n) is 11.7. The summed E-state index contributed by atoms with van der Waals surface area (Å²) < 4.78 is 15.2. The van der Waals surface area contributed by atoms with Gasteiger partial charge in [-0.1, -0.05) is 112 Å². The number of ether oxygens (including phenoxy) is 1. The molecule has 0 saturated carbocycles. The summed E-state index contributed by atoms with van der Waals surface area (Å²) in [5.41, 5.74) is 7.55. The predicted molar refractivity (Wildman–Crippen MR) is 165 cm³/mol. The van der Waals surface area contributed by atoms with Crippen molar-refractivity contribution in [3.8, 4) is 0 Å². The Kier molecular flexibility index (Phi) is 9.08. The second-order valence-corrected chi connectivity index (χ2v) is 16.5. The van der Waals surface area contributed by atoms with Gasteiger partial charge in [0.05, 0.1) is 12.6 Å². The molecule has 1 unspecified atom stereocenters. The van der Waals surface area contributed by atoms with Crippen molar-refractivity contribution < 1.29 is 9.16 Å². The number of anilines is 1. The highest BCUT2D eigenvalue weighted by Gasteiger charge is 2.39. The van der Waals surface area contributed by atoms with Crippen molar-refractivity contribution in [3.63, 3.8) is 0 Å². The third-order valence-electron chi connectivity index (χ3n) is 8.00. The molecule has 6 nitrogen and oxygen atoms in total. The molecule has 1 aromatic heterocycles. The zero-order valence-corrected chi connectivity index (χ0v) is 25.2. The van der Waals surface area contributed by atoms with Crippen molar-refractivity contribution in [1.29, 1.82) is 0 Å². The average Bonchev–Trinajstić information content (AvgIpc) is 2.94. The second kappa shape index (κ2) is 12.3. The fraction of sp³-hybridized carbons (Fsp3) is 0.333. The predicted octanol–water partition coefficient (Wildman–Crippen LogP) is 6.79. The number of benzene rings is 3. The van der Waals surface area contributed by atoms with Crippen LogP contribution in [0.5, 0.6) is 0 Å². The highest BCUT2D eigenvalue weighted by molar-refractivity contribution is 6.74. The summed E-state index contributed by atoms with van der Waals surface area (Å²) >= 11 is 0. The van der Waals surface area contributed by atoms with Crippen LogP contribution in [0.15, 0.2) is 108 Å². The normalized spacial score (nSPS) is 13.2. The summed E-state index contributed by atoms with van der Waals surface area (Å²) in [6, 6.07) is 32.0. The lowest BCUT2D eigenvalue weighted by Gasteiger charge is -2.38. The first-order chi connectivity index (χ1) is 19.0. The lowest BCUT2D eigenvalue weighted by atomic mass is 9.80. The number of rotatable bonds is 11. The summed E-state index contributed by atoms with van der Waals surface area (Å²) in [7, 11) is -1.98. The maximum atomic E-state index is 13.0. The molecule has 210 valence electrons. The van der Waals surface area contributed by atoms with Crippen LogP contribution < -0.4 is 11.4 Å². The molecule has 0 aliphatic rings. The van der Waals surface area contributed by atoms with Crippen molar-refractivity contribution in [1.82, 2.24) is 9.55 Å². The van der Waals surface area contributed by atoms with Crippen molar-refractivity contribution in [2.75, 3.05) is 18.9 Å². The summed E-state index contributed by atoms with van der Waals surface area (Å²) in [6.45, 7) is 11.9. The third-order valence-corrected chi connectivity index (χ3v) is 12.5. The van der Waals surface area contributed by atoms with Gasteiger partial charge in [-0.3, -0.25) is 4.57 Å². The van der Waals surface area contributed by atoms with Gasteiger partial charge in [-0.15, -0.1) is 0 Å². The monoisotopic (exact) mass is 555 g/mol. The molecule has 4 rings (SSSR count). The van der Waals surface area contributed by atoms with Gasteiger partial charge < -0.3 is 14.9 Å². The van der Waals surface area contributed by atoms with E-state index in [9.17, 15) is 4.79 Å². The van der Waals surface area contributed by atoms with Crippen LogP contribution in [0, 0.1) is 0 Å². The van der Waals surface area contributed by atoms with Crippen molar-refractivity contribution in [3.05, 3.63) is 130 Å². The SMILES string of the molecule is CC(C)(C)[Si](C)(C)OCCC(COC(c1ccccc1)(c1ccccc1)c1ccccc1)n1ccc(N)nc1=O. The highest BCUT2D eigenvalue weighted by atomic mass is 28.4. The van der Waals surface area contributed by atoms with E-state index in [0.29, 0.717) is 13.0 Å². The summed E-state index contributed by atoms with van der Waals surface area (Å²) in [6.07, 6.45) is 2.30. The molecule has 0 fully saturated rings. The number of nitrogen functional groups attached to an aromatic ring is 1. The van der Waals surface area contributed by atoms with Gasteiger partial charge >= 0.3 is 5.69 Å². The minimum Gasteiger partial charge on any atom is -0.417 e. The van der Waals surface area contributed by atoms with E-state index in [4.69, 9.17) is 14.9 Å². The van der Waals surface area contributed by atoms with E-state index < -0.39 is 19.6 Å². The Morgan fingerprint density at radius 3 is 1.73 bits per heavy atom. The minimum absolute atomic E-state index is 0.0850. The minimum atomic E-state index is -1.98. The summed E-state index contributed by atoms with van der Waals surface area (Å²) in [5, 5.41) is 0.0850. The quantitative estimate of drug-likeness (QED) is 0.163. The molecule has 0 radical (unpaired) electrons. The average molecular weight is 556 g/mol. The Morgan fingerprint density at radius 2 is 1.30 bits per heavy atom. The highest BCUT2D eigenvalue weighted by Crippen LogP contribution is 2.41. The van der Waals surface area contributed by atoms with Gasteiger partial charge in [0.25, 0.3) is 0 Å². The molecule has 40 heavy (non-hydrogen) atoms. The van der Waals surface area contributed by atoms with Crippen LogP contribution in [-0.4, -0.2) is 31.1 Å². The summed E-state index contributed by atoms with van der Waals surface area (Å²) in [4.78, 5) is 17.0. The molecular formula is C33H41N3O3Si. The van der Waals surface area contributed by atoms with E-state index in [1.807, 2.05) is 54.6 Å². The first-order valence-electron chi connectivity index (χ1n) is 13.8. The Bertz CT molecular complexity index is 1320. The van der Waals surface area contributed by atoms with Crippen LogP contribution in [0.4, 0.5) is 5.82 Å². The van der Waals surface area contributed by atoms with E-state index in [0.717, 1.165) is 16.7 Å².